The van der Waals surface area contributed by atoms with E-state index < -0.39 is 17.7 Å². The SMILES string of the molecule is CCOc1ccc([C@@H]2/C(=C(\O)c3ccc(C)cc3)C(=O)C(=O)N2CCN(CC)CC)cc1. The molecule has 0 aromatic heterocycles. The van der Waals surface area contributed by atoms with Crippen LogP contribution >= 0.6 is 0 Å². The fraction of sp³-hybridized carbons (Fsp3) is 0.385. The molecule has 3 rings (SSSR count). The lowest BCUT2D eigenvalue weighted by molar-refractivity contribution is -0.140. The van der Waals surface area contributed by atoms with E-state index in [9.17, 15) is 14.7 Å². The summed E-state index contributed by atoms with van der Waals surface area (Å²) in [7, 11) is 0. The monoisotopic (exact) mass is 436 g/mol. The average molecular weight is 437 g/mol. The molecule has 0 aliphatic carbocycles. The Labute approximate surface area is 190 Å². The van der Waals surface area contributed by atoms with Gasteiger partial charge in [0.2, 0.25) is 0 Å². The second-order valence-electron chi connectivity index (χ2n) is 7.89. The number of aliphatic hydroxyl groups excluding tert-OH is 1. The molecule has 0 bridgehead atoms. The lowest BCUT2D eigenvalue weighted by Gasteiger charge is -2.28. The molecule has 1 aliphatic rings. The molecule has 32 heavy (non-hydrogen) atoms. The molecule has 0 spiro atoms. The van der Waals surface area contributed by atoms with Gasteiger partial charge < -0.3 is 19.6 Å². The first-order valence-corrected chi connectivity index (χ1v) is 11.2. The summed E-state index contributed by atoms with van der Waals surface area (Å²) in [6.45, 7) is 11.3. The molecule has 1 N–H and O–H groups in total. The maximum atomic E-state index is 13.1. The zero-order valence-electron chi connectivity index (χ0n) is 19.3. The van der Waals surface area contributed by atoms with Crippen LogP contribution in [0.2, 0.25) is 0 Å². The average Bonchev–Trinajstić information content (AvgIpc) is 3.05. The molecule has 1 heterocycles. The van der Waals surface area contributed by atoms with Crippen LogP contribution in [0, 0.1) is 6.92 Å². The van der Waals surface area contributed by atoms with Crippen molar-refractivity contribution >= 4 is 17.4 Å². The van der Waals surface area contributed by atoms with Gasteiger partial charge in [-0.05, 0) is 44.6 Å². The van der Waals surface area contributed by atoms with Crippen molar-refractivity contribution in [2.24, 2.45) is 0 Å². The summed E-state index contributed by atoms with van der Waals surface area (Å²) >= 11 is 0. The molecule has 1 atom stereocenters. The van der Waals surface area contributed by atoms with Gasteiger partial charge in [0.25, 0.3) is 11.7 Å². The van der Waals surface area contributed by atoms with Gasteiger partial charge in [0.1, 0.15) is 11.5 Å². The van der Waals surface area contributed by atoms with Crippen LogP contribution in [0.3, 0.4) is 0 Å². The molecule has 1 fully saturated rings. The molecule has 2 aromatic rings. The smallest absolute Gasteiger partial charge is 0.295 e. The summed E-state index contributed by atoms with van der Waals surface area (Å²) in [4.78, 5) is 29.9. The minimum atomic E-state index is -0.651. The van der Waals surface area contributed by atoms with Crippen molar-refractivity contribution in [3.05, 3.63) is 70.8 Å². The molecule has 0 radical (unpaired) electrons. The van der Waals surface area contributed by atoms with Crippen molar-refractivity contribution in [2.45, 2.75) is 33.7 Å². The molecule has 1 aliphatic heterocycles. The maximum Gasteiger partial charge on any atom is 0.295 e. The second-order valence-corrected chi connectivity index (χ2v) is 7.89. The number of likely N-dealkylation sites (tertiary alicyclic amines) is 1. The number of nitrogens with zero attached hydrogens (tertiary/aromatic N) is 2. The Kier molecular flexibility index (Phi) is 7.70. The Morgan fingerprint density at radius 2 is 1.62 bits per heavy atom. The van der Waals surface area contributed by atoms with E-state index in [1.54, 1.807) is 17.0 Å². The van der Waals surface area contributed by atoms with Gasteiger partial charge in [-0.1, -0.05) is 55.8 Å². The quantitative estimate of drug-likeness (QED) is 0.363. The molecular formula is C26H32N2O4. The van der Waals surface area contributed by atoms with Gasteiger partial charge in [-0.2, -0.15) is 0 Å². The van der Waals surface area contributed by atoms with Crippen LogP contribution in [0.4, 0.5) is 0 Å². The molecule has 170 valence electrons. The summed E-state index contributed by atoms with van der Waals surface area (Å²) in [5.74, 6) is -0.659. The molecule has 0 saturated carbocycles. The largest absolute Gasteiger partial charge is 0.507 e. The molecule has 0 unspecified atom stereocenters. The van der Waals surface area contributed by atoms with E-state index in [1.165, 1.54) is 0 Å². The first kappa shape index (κ1) is 23.5. The minimum absolute atomic E-state index is 0.127. The van der Waals surface area contributed by atoms with Crippen LogP contribution in [-0.4, -0.2) is 59.4 Å². The Morgan fingerprint density at radius 3 is 2.19 bits per heavy atom. The third-order valence-corrected chi connectivity index (χ3v) is 5.92. The highest BCUT2D eigenvalue weighted by molar-refractivity contribution is 6.46. The van der Waals surface area contributed by atoms with Crippen molar-refractivity contribution < 1.29 is 19.4 Å². The van der Waals surface area contributed by atoms with Gasteiger partial charge >= 0.3 is 0 Å². The van der Waals surface area contributed by atoms with E-state index in [2.05, 4.69) is 18.7 Å². The van der Waals surface area contributed by atoms with Crippen LogP contribution < -0.4 is 4.74 Å². The molecule has 1 amide bonds. The summed E-state index contributed by atoms with van der Waals surface area (Å²) in [5.41, 5.74) is 2.46. The number of carbonyl (C=O) groups excluding carboxylic acids is 2. The lowest BCUT2D eigenvalue weighted by Crippen LogP contribution is -2.38. The number of hydrogen-bond donors (Lipinski definition) is 1. The number of amides is 1. The second kappa shape index (κ2) is 10.5. The zero-order chi connectivity index (χ0) is 23.3. The van der Waals surface area contributed by atoms with Gasteiger partial charge in [-0.3, -0.25) is 9.59 Å². The number of rotatable bonds is 9. The molecule has 1 saturated heterocycles. The van der Waals surface area contributed by atoms with Gasteiger partial charge in [0, 0.05) is 18.7 Å². The van der Waals surface area contributed by atoms with Crippen molar-refractivity contribution in [2.75, 3.05) is 32.8 Å². The normalized spacial score (nSPS) is 17.9. The number of ketones is 1. The Morgan fingerprint density at radius 1 is 1.00 bits per heavy atom. The Balaban J connectivity index is 2.06. The van der Waals surface area contributed by atoms with Gasteiger partial charge in [0.15, 0.2) is 0 Å². The van der Waals surface area contributed by atoms with E-state index >= 15 is 0 Å². The number of likely N-dealkylation sites (N-methyl/N-ethyl adjacent to an activating group) is 1. The summed E-state index contributed by atoms with van der Waals surface area (Å²) in [6.07, 6.45) is 0. The van der Waals surface area contributed by atoms with Gasteiger partial charge in [-0.15, -0.1) is 0 Å². The van der Waals surface area contributed by atoms with Crippen LogP contribution in [0.15, 0.2) is 54.1 Å². The predicted molar refractivity (Wildman–Crippen MR) is 126 cm³/mol. The number of benzene rings is 2. The fourth-order valence-electron chi connectivity index (χ4n) is 4.03. The van der Waals surface area contributed by atoms with E-state index in [0.29, 0.717) is 25.3 Å². The highest BCUT2D eigenvalue weighted by Gasteiger charge is 2.45. The van der Waals surface area contributed by atoms with E-state index in [1.807, 2.05) is 50.2 Å². The molecular weight excluding hydrogens is 404 g/mol. The van der Waals surface area contributed by atoms with E-state index in [0.717, 1.165) is 30.0 Å². The molecule has 2 aromatic carbocycles. The molecule has 6 nitrogen and oxygen atoms in total. The third-order valence-electron chi connectivity index (χ3n) is 5.92. The van der Waals surface area contributed by atoms with Crippen molar-refractivity contribution in [3.63, 3.8) is 0 Å². The van der Waals surface area contributed by atoms with Crippen molar-refractivity contribution in [1.82, 2.24) is 9.80 Å². The maximum absolute atomic E-state index is 13.1. The standard InChI is InChI=1S/C26H32N2O4/c1-5-27(6-2)16-17-28-23(19-12-14-21(15-13-19)32-7-3)22(25(30)26(28)31)24(29)20-10-8-18(4)9-11-20/h8-15,23,29H,5-7,16-17H2,1-4H3/b24-22+/t23-/m1/s1. The number of aliphatic hydroxyl groups is 1. The van der Waals surface area contributed by atoms with Crippen LogP contribution in [0.25, 0.3) is 5.76 Å². The number of hydrogen-bond acceptors (Lipinski definition) is 5. The Hall–Kier alpha value is -3.12. The first-order chi connectivity index (χ1) is 15.4. The number of aryl methyl sites for hydroxylation is 1. The molecule has 6 heteroatoms. The van der Waals surface area contributed by atoms with Crippen molar-refractivity contribution in [3.8, 4) is 5.75 Å². The Bertz CT molecular complexity index is 976. The van der Waals surface area contributed by atoms with Crippen LogP contribution in [0.5, 0.6) is 5.75 Å². The number of carbonyl (C=O) groups is 2. The van der Waals surface area contributed by atoms with Crippen LogP contribution in [0.1, 0.15) is 43.5 Å². The van der Waals surface area contributed by atoms with E-state index in [-0.39, 0.29) is 11.3 Å². The minimum Gasteiger partial charge on any atom is -0.507 e. The summed E-state index contributed by atoms with van der Waals surface area (Å²) in [5, 5.41) is 11.1. The first-order valence-electron chi connectivity index (χ1n) is 11.2. The topological polar surface area (TPSA) is 70.1 Å². The van der Waals surface area contributed by atoms with E-state index in [4.69, 9.17) is 4.74 Å². The van der Waals surface area contributed by atoms with Gasteiger partial charge in [-0.25, -0.2) is 0 Å². The highest BCUT2D eigenvalue weighted by Crippen LogP contribution is 2.39. The highest BCUT2D eigenvalue weighted by atomic mass is 16.5. The van der Waals surface area contributed by atoms with Crippen LogP contribution in [-0.2, 0) is 9.59 Å². The fourth-order valence-corrected chi connectivity index (χ4v) is 4.03. The van der Waals surface area contributed by atoms with Crippen molar-refractivity contribution in [1.29, 1.82) is 0 Å². The number of ether oxygens (including phenoxy) is 1. The third kappa shape index (κ3) is 4.86. The number of Topliss-reactive ketones (excluding diaryl/α,β-unsaturated/α-hetero) is 1. The summed E-state index contributed by atoms with van der Waals surface area (Å²) < 4.78 is 5.54. The lowest BCUT2D eigenvalue weighted by atomic mass is 9.95. The predicted octanol–water partition coefficient (Wildman–Crippen LogP) is 4.16. The summed E-state index contributed by atoms with van der Waals surface area (Å²) in [6, 6.07) is 14.0. The zero-order valence-corrected chi connectivity index (χ0v) is 19.3. The van der Waals surface area contributed by atoms with Gasteiger partial charge in [0.05, 0.1) is 18.2 Å².